The van der Waals surface area contributed by atoms with Gasteiger partial charge in [0, 0.05) is 24.4 Å². The molecule has 1 aliphatic heterocycles. The molecule has 3 N–H and O–H groups in total. The van der Waals surface area contributed by atoms with Crippen LogP contribution in [0.3, 0.4) is 0 Å². The van der Waals surface area contributed by atoms with Crippen LogP contribution in [0.5, 0.6) is 0 Å². The molecule has 2 aromatic rings. The second-order valence-corrected chi connectivity index (χ2v) is 9.85. The smallest absolute Gasteiger partial charge is 0.251 e. The molecule has 0 radical (unpaired) electrons. The van der Waals surface area contributed by atoms with E-state index in [1.54, 1.807) is 0 Å². The van der Waals surface area contributed by atoms with Crippen molar-refractivity contribution in [2.24, 2.45) is 5.73 Å². The average Bonchev–Trinajstić information content (AvgIpc) is 2.97. The van der Waals surface area contributed by atoms with Gasteiger partial charge in [-0.2, -0.15) is 0 Å². The Labute approximate surface area is 166 Å². The molecule has 10 heteroatoms. The molecule has 7 nitrogen and oxygen atoms in total. The number of likely N-dealkylation sites (N-methyl/N-ethyl adjacent to an activating group) is 1. The van der Waals surface area contributed by atoms with Crippen LogP contribution >= 0.6 is 11.3 Å². The highest BCUT2D eigenvalue weighted by Gasteiger charge is 2.27. The van der Waals surface area contributed by atoms with Gasteiger partial charge in [0.05, 0.1) is 16.2 Å². The van der Waals surface area contributed by atoms with E-state index in [0.717, 1.165) is 41.3 Å². The predicted octanol–water partition coefficient (Wildman–Crippen LogP) is 1.78. The number of anilines is 1. The van der Waals surface area contributed by atoms with Crippen LogP contribution in [-0.4, -0.2) is 44.5 Å². The Morgan fingerprint density at radius 2 is 1.96 bits per heavy atom. The Hall–Kier alpha value is -2.30. The van der Waals surface area contributed by atoms with E-state index >= 15 is 0 Å². The fourth-order valence-electron chi connectivity index (χ4n) is 3.06. The van der Waals surface area contributed by atoms with Gasteiger partial charge < -0.3 is 16.0 Å². The number of amides is 2. The summed E-state index contributed by atoms with van der Waals surface area (Å²) in [4.78, 5) is 27.2. The first kappa shape index (κ1) is 20.4. The number of carbonyl (C=O) groups excluding carboxylic acids is 2. The van der Waals surface area contributed by atoms with Gasteiger partial charge in [0.25, 0.3) is 5.91 Å². The summed E-state index contributed by atoms with van der Waals surface area (Å²) < 4.78 is 37.5. The molecule has 2 heterocycles. The standard InChI is InChI=1S/C18H20FN3O4S2/c1-22-8-6-13-14(10-22)27-18(16(13)17(20)24)21-15(23)7-9-28(25,26)12-4-2-11(19)3-5-12/h2-5H,6-10H2,1H3,(H2,20,24)(H,21,23). The first-order valence-electron chi connectivity index (χ1n) is 8.58. The Bertz CT molecular complexity index is 1020. The molecule has 0 saturated heterocycles. The molecular weight excluding hydrogens is 405 g/mol. The van der Waals surface area contributed by atoms with Gasteiger partial charge in [0.2, 0.25) is 5.91 Å². The van der Waals surface area contributed by atoms with Crippen molar-refractivity contribution < 1.29 is 22.4 Å². The van der Waals surface area contributed by atoms with E-state index < -0.39 is 33.2 Å². The predicted molar refractivity (Wildman–Crippen MR) is 105 cm³/mol. The summed E-state index contributed by atoms with van der Waals surface area (Å²) in [5.74, 6) is -2.11. The summed E-state index contributed by atoms with van der Waals surface area (Å²) in [5, 5.41) is 2.99. The van der Waals surface area contributed by atoms with E-state index in [0.29, 0.717) is 23.5 Å². The molecule has 0 aliphatic carbocycles. The molecule has 2 amide bonds. The van der Waals surface area contributed by atoms with Crippen LogP contribution in [0.4, 0.5) is 9.39 Å². The monoisotopic (exact) mass is 425 g/mol. The number of sulfone groups is 1. The molecule has 28 heavy (non-hydrogen) atoms. The minimum absolute atomic E-state index is 0.0471. The maximum absolute atomic E-state index is 13.0. The number of nitrogens with zero attached hydrogens (tertiary/aromatic N) is 1. The van der Waals surface area contributed by atoms with Crippen molar-refractivity contribution in [3.63, 3.8) is 0 Å². The number of carbonyl (C=O) groups is 2. The van der Waals surface area contributed by atoms with Crippen LogP contribution < -0.4 is 11.1 Å². The first-order valence-corrected chi connectivity index (χ1v) is 11.1. The second-order valence-electron chi connectivity index (χ2n) is 6.63. The van der Waals surface area contributed by atoms with Gasteiger partial charge in [-0.25, -0.2) is 12.8 Å². The number of thiophene rings is 1. The highest BCUT2D eigenvalue weighted by Crippen LogP contribution is 2.36. The Morgan fingerprint density at radius 1 is 1.29 bits per heavy atom. The summed E-state index contributed by atoms with van der Waals surface area (Å²) in [6, 6.07) is 4.44. The summed E-state index contributed by atoms with van der Waals surface area (Å²) in [6.07, 6.45) is 0.371. The topological polar surface area (TPSA) is 110 Å². The first-order chi connectivity index (χ1) is 13.2. The number of halogens is 1. The van der Waals surface area contributed by atoms with E-state index in [9.17, 15) is 22.4 Å². The van der Waals surface area contributed by atoms with Gasteiger partial charge >= 0.3 is 0 Å². The van der Waals surface area contributed by atoms with Crippen LogP contribution in [0.1, 0.15) is 27.2 Å². The Kier molecular flexibility index (Phi) is 5.82. The van der Waals surface area contributed by atoms with Gasteiger partial charge in [-0.3, -0.25) is 9.59 Å². The number of fused-ring (bicyclic) bond motifs is 1. The zero-order valence-corrected chi connectivity index (χ0v) is 16.8. The van der Waals surface area contributed by atoms with Crippen LogP contribution in [0.2, 0.25) is 0 Å². The minimum Gasteiger partial charge on any atom is -0.365 e. The van der Waals surface area contributed by atoms with Crippen molar-refractivity contribution in [3.8, 4) is 0 Å². The van der Waals surface area contributed by atoms with Crippen molar-refractivity contribution in [3.05, 3.63) is 46.1 Å². The zero-order chi connectivity index (χ0) is 20.5. The maximum Gasteiger partial charge on any atom is 0.251 e. The Morgan fingerprint density at radius 3 is 2.61 bits per heavy atom. The SMILES string of the molecule is CN1CCc2c(sc(NC(=O)CCS(=O)(=O)c3ccc(F)cc3)c2C(N)=O)C1. The number of primary amides is 1. The molecule has 0 bridgehead atoms. The van der Waals surface area contributed by atoms with Crippen molar-refractivity contribution in [2.75, 3.05) is 24.7 Å². The number of hydrogen-bond donors (Lipinski definition) is 2. The summed E-state index contributed by atoms with van der Waals surface area (Å²) >= 11 is 1.29. The molecule has 3 rings (SSSR count). The lowest BCUT2D eigenvalue weighted by Crippen LogP contribution is -2.27. The summed E-state index contributed by atoms with van der Waals surface area (Å²) in [5.41, 5.74) is 6.66. The van der Waals surface area contributed by atoms with E-state index in [1.807, 2.05) is 7.05 Å². The largest absolute Gasteiger partial charge is 0.365 e. The van der Waals surface area contributed by atoms with Gasteiger partial charge in [-0.1, -0.05) is 0 Å². The van der Waals surface area contributed by atoms with E-state index in [4.69, 9.17) is 5.73 Å². The quantitative estimate of drug-likeness (QED) is 0.686. The fourth-order valence-corrected chi connectivity index (χ4v) is 5.65. The highest BCUT2D eigenvalue weighted by molar-refractivity contribution is 7.91. The lowest BCUT2D eigenvalue weighted by atomic mass is 10.0. The van der Waals surface area contributed by atoms with Crippen molar-refractivity contribution >= 4 is 38.0 Å². The molecule has 1 aliphatic rings. The van der Waals surface area contributed by atoms with Gasteiger partial charge in [0.1, 0.15) is 10.8 Å². The molecule has 0 unspecified atom stereocenters. The zero-order valence-electron chi connectivity index (χ0n) is 15.2. The lowest BCUT2D eigenvalue weighted by molar-refractivity contribution is -0.115. The van der Waals surface area contributed by atoms with Crippen molar-refractivity contribution in [1.82, 2.24) is 4.90 Å². The van der Waals surface area contributed by atoms with E-state index in [1.165, 1.54) is 11.3 Å². The number of benzene rings is 1. The lowest BCUT2D eigenvalue weighted by Gasteiger charge is -2.22. The van der Waals surface area contributed by atoms with Crippen molar-refractivity contribution in [1.29, 1.82) is 0 Å². The summed E-state index contributed by atoms with van der Waals surface area (Å²) in [6.45, 7) is 1.45. The van der Waals surface area contributed by atoms with Gasteiger partial charge in [0.15, 0.2) is 9.84 Å². The third-order valence-corrected chi connectivity index (χ3v) is 7.38. The molecule has 0 saturated carbocycles. The summed E-state index contributed by atoms with van der Waals surface area (Å²) in [7, 11) is -1.76. The van der Waals surface area contributed by atoms with Gasteiger partial charge in [-0.05, 0) is 43.3 Å². The number of rotatable bonds is 6. The van der Waals surface area contributed by atoms with Crippen LogP contribution in [0.15, 0.2) is 29.2 Å². The van der Waals surface area contributed by atoms with E-state index in [2.05, 4.69) is 10.2 Å². The maximum atomic E-state index is 13.0. The Balaban J connectivity index is 1.71. The molecular formula is C18H20FN3O4S2. The molecule has 1 aromatic heterocycles. The minimum atomic E-state index is -3.72. The normalized spacial score (nSPS) is 14.5. The number of nitrogens with two attached hydrogens (primary N) is 1. The van der Waals surface area contributed by atoms with E-state index in [-0.39, 0.29) is 11.3 Å². The molecule has 0 fully saturated rings. The number of nitrogens with one attached hydrogen (secondary N) is 1. The van der Waals surface area contributed by atoms with Crippen LogP contribution in [-0.2, 0) is 27.6 Å². The number of hydrogen-bond acceptors (Lipinski definition) is 6. The molecule has 1 aromatic carbocycles. The second kappa shape index (κ2) is 7.98. The van der Waals surface area contributed by atoms with Crippen molar-refractivity contribution in [2.45, 2.75) is 24.3 Å². The highest BCUT2D eigenvalue weighted by atomic mass is 32.2. The third kappa shape index (κ3) is 4.40. The molecule has 150 valence electrons. The fraction of sp³-hybridized carbons (Fsp3) is 0.333. The van der Waals surface area contributed by atoms with Crippen LogP contribution in [0, 0.1) is 5.82 Å². The molecule has 0 spiro atoms. The third-order valence-electron chi connectivity index (χ3n) is 4.52. The average molecular weight is 426 g/mol. The van der Waals surface area contributed by atoms with Crippen LogP contribution in [0.25, 0.3) is 0 Å². The van der Waals surface area contributed by atoms with Gasteiger partial charge in [-0.15, -0.1) is 11.3 Å². The molecule has 0 atom stereocenters.